The van der Waals surface area contributed by atoms with Crippen LogP contribution in [0.4, 0.5) is 0 Å². The van der Waals surface area contributed by atoms with Crippen molar-refractivity contribution in [2.75, 3.05) is 0 Å². The Morgan fingerprint density at radius 2 is 1.09 bits per heavy atom. The average Bonchev–Trinajstić information content (AvgIpc) is 2.61. The summed E-state index contributed by atoms with van der Waals surface area (Å²) < 4.78 is 0. The summed E-state index contributed by atoms with van der Waals surface area (Å²) in [7, 11) is 0. The molecule has 2 aromatic carbocycles. The van der Waals surface area contributed by atoms with Crippen LogP contribution in [0.5, 0.6) is 0 Å². The molecular formula is C19H12N4. The fourth-order valence-electron chi connectivity index (χ4n) is 2.29. The molecule has 0 saturated carbocycles. The van der Waals surface area contributed by atoms with Gasteiger partial charge in [-0.25, -0.2) is 9.97 Å². The summed E-state index contributed by atoms with van der Waals surface area (Å²) >= 11 is 0. The van der Waals surface area contributed by atoms with Gasteiger partial charge in [0, 0.05) is 11.1 Å². The molecule has 3 rings (SSSR count). The molecule has 23 heavy (non-hydrogen) atoms. The monoisotopic (exact) mass is 296 g/mol. The van der Waals surface area contributed by atoms with Crippen molar-refractivity contribution >= 4 is 0 Å². The van der Waals surface area contributed by atoms with E-state index in [1.54, 1.807) is 24.3 Å². The molecule has 108 valence electrons. The second kappa shape index (κ2) is 6.09. The number of hydrogen-bond acceptors (Lipinski definition) is 4. The van der Waals surface area contributed by atoms with Gasteiger partial charge in [-0.2, -0.15) is 10.5 Å². The quantitative estimate of drug-likeness (QED) is 0.719. The van der Waals surface area contributed by atoms with Gasteiger partial charge < -0.3 is 0 Å². The SMILES string of the molecule is Cc1nc(-c2ccc(C#N)cc2)cc(-c2ccc(C#N)cc2)n1. The molecule has 3 aromatic rings. The minimum absolute atomic E-state index is 0.617. The van der Waals surface area contributed by atoms with Gasteiger partial charge in [0.1, 0.15) is 5.82 Å². The third-order valence-corrected chi connectivity index (χ3v) is 3.46. The molecule has 1 aromatic heterocycles. The summed E-state index contributed by atoms with van der Waals surface area (Å²) in [6, 6.07) is 20.7. The lowest BCUT2D eigenvalue weighted by molar-refractivity contribution is 1.06. The lowest BCUT2D eigenvalue weighted by Gasteiger charge is -2.07. The second-order valence-corrected chi connectivity index (χ2v) is 5.06. The Morgan fingerprint density at radius 3 is 1.43 bits per heavy atom. The summed E-state index contributed by atoms with van der Waals surface area (Å²) in [5.74, 6) is 0.672. The van der Waals surface area contributed by atoms with Crippen LogP contribution in [-0.4, -0.2) is 9.97 Å². The van der Waals surface area contributed by atoms with E-state index in [-0.39, 0.29) is 0 Å². The number of rotatable bonds is 2. The van der Waals surface area contributed by atoms with Crippen LogP contribution < -0.4 is 0 Å². The summed E-state index contributed by atoms with van der Waals surface area (Å²) in [5.41, 5.74) is 4.72. The maximum Gasteiger partial charge on any atom is 0.126 e. The van der Waals surface area contributed by atoms with Gasteiger partial charge in [-0.15, -0.1) is 0 Å². The molecule has 0 aliphatic carbocycles. The van der Waals surface area contributed by atoms with Crippen LogP contribution in [0, 0.1) is 29.6 Å². The minimum Gasteiger partial charge on any atom is -0.233 e. The number of nitrogens with zero attached hydrogens (tertiary/aromatic N) is 4. The van der Waals surface area contributed by atoms with Crippen LogP contribution in [0.1, 0.15) is 17.0 Å². The molecule has 0 fully saturated rings. The standard InChI is InChI=1S/C19H12N4/c1-13-22-18(16-6-2-14(11-20)3-7-16)10-19(23-13)17-8-4-15(12-21)5-9-17/h2-10H,1H3. The zero-order chi connectivity index (χ0) is 16.2. The highest BCUT2D eigenvalue weighted by Crippen LogP contribution is 2.24. The van der Waals surface area contributed by atoms with Crippen LogP contribution in [0.2, 0.25) is 0 Å². The maximum atomic E-state index is 8.88. The lowest BCUT2D eigenvalue weighted by Crippen LogP contribution is -1.94. The van der Waals surface area contributed by atoms with Gasteiger partial charge in [-0.1, -0.05) is 24.3 Å². The van der Waals surface area contributed by atoms with E-state index in [1.807, 2.05) is 37.3 Å². The number of aryl methyl sites for hydroxylation is 1. The lowest BCUT2D eigenvalue weighted by atomic mass is 10.1. The van der Waals surface area contributed by atoms with Gasteiger partial charge in [0.2, 0.25) is 0 Å². The molecule has 0 amide bonds. The normalized spacial score (nSPS) is 9.87. The minimum atomic E-state index is 0.617. The molecular weight excluding hydrogens is 284 g/mol. The first kappa shape index (κ1) is 14.4. The molecule has 0 N–H and O–H groups in total. The number of benzene rings is 2. The molecule has 0 radical (unpaired) electrons. The first-order valence-corrected chi connectivity index (χ1v) is 7.06. The van der Waals surface area contributed by atoms with Crippen LogP contribution in [0.3, 0.4) is 0 Å². The molecule has 0 saturated heterocycles. The average molecular weight is 296 g/mol. The van der Waals surface area contributed by atoms with Crippen molar-refractivity contribution in [2.45, 2.75) is 6.92 Å². The molecule has 4 nitrogen and oxygen atoms in total. The van der Waals surface area contributed by atoms with Gasteiger partial charge in [0.15, 0.2) is 0 Å². The molecule has 0 spiro atoms. The Balaban J connectivity index is 2.04. The largest absolute Gasteiger partial charge is 0.233 e. The fourth-order valence-corrected chi connectivity index (χ4v) is 2.29. The van der Waals surface area contributed by atoms with Gasteiger partial charge in [0.25, 0.3) is 0 Å². The molecule has 0 aliphatic rings. The Labute approximate surface area is 134 Å². The topological polar surface area (TPSA) is 73.4 Å². The number of nitriles is 2. The highest BCUT2D eigenvalue weighted by Gasteiger charge is 2.07. The van der Waals surface area contributed by atoms with E-state index < -0.39 is 0 Å². The van der Waals surface area contributed by atoms with E-state index in [0.29, 0.717) is 17.0 Å². The Hall–Kier alpha value is -3.50. The van der Waals surface area contributed by atoms with Crippen LogP contribution >= 0.6 is 0 Å². The van der Waals surface area contributed by atoms with Crippen LogP contribution in [0.25, 0.3) is 22.5 Å². The second-order valence-electron chi connectivity index (χ2n) is 5.06. The molecule has 0 bridgehead atoms. The highest BCUT2D eigenvalue weighted by molar-refractivity contribution is 5.68. The third-order valence-electron chi connectivity index (χ3n) is 3.46. The van der Waals surface area contributed by atoms with E-state index in [4.69, 9.17) is 10.5 Å². The molecule has 0 unspecified atom stereocenters. The maximum absolute atomic E-state index is 8.88. The van der Waals surface area contributed by atoms with Crippen molar-refractivity contribution in [1.82, 2.24) is 9.97 Å². The van der Waals surface area contributed by atoms with E-state index in [2.05, 4.69) is 22.1 Å². The van der Waals surface area contributed by atoms with Crippen molar-refractivity contribution in [3.8, 4) is 34.7 Å². The van der Waals surface area contributed by atoms with E-state index in [1.165, 1.54) is 0 Å². The van der Waals surface area contributed by atoms with E-state index >= 15 is 0 Å². The van der Waals surface area contributed by atoms with Crippen molar-refractivity contribution in [3.05, 3.63) is 71.5 Å². The third kappa shape index (κ3) is 3.07. The Morgan fingerprint density at radius 1 is 0.696 bits per heavy atom. The molecule has 4 heteroatoms. The van der Waals surface area contributed by atoms with Gasteiger partial charge >= 0.3 is 0 Å². The Kier molecular flexibility index (Phi) is 3.82. The Bertz CT molecular complexity index is 851. The first-order valence-electron chi connectivity index (χ1n) is 7.06. The highest BCUT2D eigenvalue weighted by atomic mass is 14.9. The van der Waals surface area contributed by atoms with Crippen LogP contribution in [-0.2, 0) is 0 Å². The van der Waals surface area contributed by atoms with Gasteiger partial charge in [-0.05, 0) is 37.3 Å². The predicted octanol–water partition coefficient (Wildman–Crippen LogP) is 3.86. The van der Waals surface area contributed by atoms with Gasteiger partial charge in [-0.3, -0.25) is 0 Å². The zero-order valence-electron chi connectivity index (χ0n) is 12.5. The first-order chi connectivity index (χ1) is 11.2. The summed E-state index contributed by atoms with van der Waals surface area (Å²) in [6.07, 6.45) is 0. The van der Waals surface area contributed by atoms with Crippen LogP contribution in [0.15, 0.2) is 54.6 Å². The van der Waals surface area contributed by atoms with E-state index in [0.717, 1.165) is 22.5 Å². The molecule has 1 heterocycles. The number of aromatic nitrogens is 2. The zero-order valence-corrected chi connectivity index (χ0v) is 12.5. The summed E-state index contributed by atoms with van der Waals surface area (Å²) in [6.45, 7) is 1.85. The molecule has 0 atom stereocenters. The summed E-state index contributed by atoms with van der Waals surface area (Å²) in [4.78, 5) is 8.94. The van der Waals surface area contributed by atoms with Crippen molar-refractivity contribution < 1.29 is 0 Å². The van der Waals surface area contributed by atoms with Crippen molar-refractivity contribution in [1.29, 1.82) is 10.5 Å². The fraction of sp³-hybridized carbons (Fsp3) is 0.0526. The van der Waals surface area contributed by atoms with Gasteiger partial charge in [0.05, 0.1) is 34.7 Å². The summed E-state index contributed by atoms with van der Waals surface area (Å²) in [5, 5.41) is 17.8. The predicted molar refractivity (Wildman–Crippen MR) is 87.1 cm³/mol. The van der Waals surface area contributed by atoms with Crippen molar-refractivity contribution in [2.24, 2.45) is 0 Å². The smallest absolute Gasteiger partial charge is 0.126 e. The van der Waals surface area contributed by atoms with E-state index in [9.17, 15) is 0 Å². The van der Waals surface area contributed by atoms with Crippen molar-refractivity contribution in [3.63, 3.8) is 0 Å². The number of hydrogen-bond donors (Lipinski definition) is 0. The molecule has 0 aliphatic heterocycles.